The molecule has 24 heavy (non-hydrogen) atoms. The molecule has 0 atom stereocenters. The van der Waals surface area contributed by atoms with Crippen molar-refractivity contribution >= 4 is 29.4 Å². The lowest BCUT2D eigenvalue weighted by Gasteiger charge is -1.95. The zero-order valence-corrected chi connectivity index (χ0v) is 13.9. The number of hydrogen-bond donors (Lipinski definition) is 2. The fourth-order valence-electron chi connectivity index (χ4n) is 2.65. The van der Waals surface area contributed by atoms with Crippen LogP contribution < -0.4 is 0 Å². The smallest absolute Gasteiger partial charge is 0.0568 e. The molecule has 0 amide bonds. The number of aryl methyl sites for hydroxylation is 1. The van der Waals surface area contributed by atoms with Gasteiger partial charge in [0.15, 0.2) is 0 Å². The van der Waals surface area contributed by atoms with Gasteiger partial charge in [0, 0.05) is 36.2 Å². The summed E-state index contributed by atoms with van der Waals surface area (Å²) in [5, 5.41) is 9.37. The van der Waals surface area contributed by atoms with Crippen molar-refractivity contribution < 1.29 is 0 Å². The van der Waals surface area contributed by atoms with Crippen LogP contribution in [0.2, 0.25) is 0 Å². The quantitative estimate of drug-likeness (QED) is 0.457. The van der Waals surface area contributed by atoms with Crippen LogP contribution >= 0.6 is 0 Å². The van der Waals surface area contributed by atoms with Crippen molar-refractivity contribution in [1.82, 2.24) is 9.97 Å². The molecular weight excluding hydrogens is 296 g/mol. The normalized spacial score (nSPS) is 12.4. The Labute approximate surface area is 142 Å². The van der Waals surface area contributed by atoms with Crippen molar-refractivity contribution in [2.24, 2.45) is 10.2 Å². The lowest BCUT2D eigenvalue weighted by atomic mass is 10.1. The largest absolute Gasteiger partial charge is 0.361 e. The van der Waals surface area contributed by atoms with E-state index in [-0.39, 0.29) is 0 Å². The van der Waals surface area contributed by atoms with E-state index < -0.39 is 0 Å². The highest BCUT2D eigenvalue weighted by Crippen LogP contribution is 2.13. The van der Waals surface area contributed by atoms with Crippen LogP contribution in [0.5, 0.6) is 0 Å². The molecular formula is C20H22N4. The van der Waals surface area contributed by atoms with E-state index in [2.05, 4.69) is 51.4 Å². The van der Waals surface area contributed by atoms with Crippen LogP contribution in [0.1, 0.15) is 36.6 Å². The van der Waals surface area contributed by atoms with Gasteiger partial charge in [-0.3, -0.25) is 0 Å². The van der Waals surface area contributed by atoms with Crippen LogP contribution in [-0.2, 0) is 6.42 Å². The summed E-state index contributed by atoms with van der Waals surface area (Å²) < 4.78 is 0. The summed E-state index contributed by atoms with van der Waals surface area (Å²) >= 11 is 0. The molecule has 122 valence electrons. The Morgan fingerprint density at radius 2 is 1.96 bits per heavy atom. The standard InChI is InChI=1S/C20H22N4/c1-2-5-17-9-12-21-19(17)6-3-4-11-23-24-15-16-7-8-20-18(14-16)10-13-22-20/h3,6-15,21-22H,2,4-5H2,1H3/b6-3-,23-11+,24-15+. The molecule has 0 saturated carbocycles. The number of H-pyrrole nitrogens is 2. The molecule has 4 nitrogen and oxygen atoms in total. The second-order valence-corrected chi connectivity index (χ2v) is 5.67. The van der Waals surface area contributed by atoms with Crippen LogP contribution in [-0.4, -0.2) is 22.4 Å². The van der Waals surface area contributed by atoms with Crippen LogP contribution in [0.25, 0.3) is 17.0 Å². The molecule has 0 radical (unpaired) electrons. The van der Waals surface area contributed by atoms with Gasteiger partial charge in [0.2, 0.25) is 0 Å². The SMILES string of the molecule is CCCc1cc[nH]c1/C=C\C/C=N/N=C/c1ccc2[nH]ccc2c1. The zero-order chi connectivity index (χ0) is 16.6. The summed E-state index contributed by atoms with van der Waals surface area (Å²) in [6, 6.07) is 10.4. The summed E-state index contributed by atoms with van der Waals surface area (Å²) in [5.41, 5.74) is 4.73. The van der Waals surface area contributed by atoms with E-state index in [9.17, 15) is 0 Å². The summed E-state index contributed by atoms with van der Waals surface area (Å²) in [7, 11) is 0. The molecule has 0 spiro atoms. The summed E-state index contributed by atoms with van der Waals surface area (Å²) in [6.45, 7) is 2.19. The number of aromatic amines is 2. The van der Waals surface area contributed by atoms with E-state index in [1.807, 2.05) is 36.8 Å². The molecule has 0 bridgehead atoms. The minimum atomic E-state index is 0.763. The lowest BCUT2D eigenvalue weighted by Crippen LogP contribution is -1.83. The van der Waals surface area contributed by atoms with Gasteiger partial charge in [0.05, 0.1) is 6.21 Å². The molecule has 0 aliphatic heterocycles. The minimum Gasteiger partial charge on any atom is -0.361 e. The number of benzene rings is 1. The summed E-state index contributed by atoms with van der Waals surface area (Å²) in [6.07, 6.45) is 14.7. The topological polar surface area (TPSA) is 56.3 Å². The highest BCUT2D eigenvalue weighted by molar-refractivity contribution is 5.89. The van der Waals surface area contributed by atoms with E-state index in [0.29, 0.717) is 0 Å². The maximum Gasteiger partial charge on any atom is 0.0568 e. The number of nitrogens with zero attached hydrogens (tertiary/aromatic N) is 2. The van der Waals surface area contributed by atoms with Crippen LogP contribution in [0.15, 0.2) is 59.0 Å². The fraction of sp³-hybridized carbons (Fsp3) is 0.200. The third-order valence-corrected chi connectivity index (χ3v) is 3.85. The second kappa shape index (κ2) is 8.11. The molecule has 0 fully saturated rings. The Morgan fingerprint density at radius 3 is 2.88 bits per heavy atom. The molecule has 2 aromatic heterocycles. The van der Waals surface area contributed by atoms with Gasteiger partial charge < -0.3 is 9.97 Å². The Morgan fingerprint density at radius 1 is 1.04 bits per heavy atom. The van der Waals surface area contributed by atoms with E-state index in [4.69, 9.17) is 0 Å². The molecule has 0 aliphatic rings. The lowest BCUT2D eigenvalue weighted by molar-refractivity contribution is 0.921. The van der Waals surface area contributed by atoms with Crippen LogP contribution in [0.4, 0.5) is 0 Å². The molecule has 2 heterocycles. The minimum absolute atomic E-state index is 0.763. The van der Waals surface area contributed by atoms with Gasteiger partial charge >= 0.3 is 0 Å². The Bertz CT molecular complexity index is 865. The number of hydrogen-bond acceptors (Lipinski definition) is 2. The zero-order valence-electron chi connectivity index (χ0n) is 13.9. The molecule has 0 saturated heterocycles. The van der Waals surface area contributed by atoms with E-state index in [0.717, 1.165) is 30.3 Å². The second-order valence-electron chi connectivity index (χ2n) is 5.67. The predicted octanol–water partition coefficient (Wildman–Crippen LogP) is 4.96. The molecule has 3 aromatic rings. The highest BCUT2D eigenvalue weighted by atomic mass is 15.2. The molecule has 0 aliphatic carbocycles. The third-order valence-electron chi connectivity index (χ3n) is 3.85. The molecule has 2 N–H and O–H groups in total. The number of nitrogens with one attached hydrogen (secondary N) is 2. The van der Waals surface area contributed by atoms with Crippen LogP contribution in [0.3, 0.4) is 0 Å². The van der Waals surface area contributed by atoms with Gasteiger partial charge in [-0.1, -0.05) is 25.5 Å². The van der Waals surface area contributed by atoms with Gasteiger partial charge in [-0.15, -0.1) is 0 Å². The van der Waals surface area contributed by atoms with Gasteiger partial charge in [-0.25, -0.2) is 0 Å². The average molecular weight is 318 g/mol. The van der Waals surface area contributed by atoms with E-state index in [1.165, 1.54) is 16.6 Å². The fourth-order valence-corrected chi connectivity index (χ4v) is 2.65. The van der Waals surface area contributed by atoms with Crippen molar-refractivity contribution in [2.75, 3.05) is 0 Å². The number of rotatable bonds is 7. The first-order chi connectivity index (χ1) is 11.9. The van der Waals surface area contributed by atoms with E-state index in [1.54, 1.807) is 6.21 Å². The van der Waals surface area contributed by atoms with Gasteiger partial charge in [-0.05, 0) is 53.3 Å². The maximum atomic E-state index is 4.11. The first-order valence-corrected chi connectivity index (χ1v) is 8.31. The van der Waals surface area contributed by atoms with Crippen molar-refractivity contribution in [3.8, 4) is 0 Å². The van der Waals surface area contributed by atoms with Gasteiger partial charge in [0.25, 0.3) is 0 Å². The molecule has 0 unspecified atom stereocenters. The van der Waals surface area contributed by atoms with Crippen molar-refractivity contribution in [2.45, 2.75) is 26.2 Å². The number of aromatic nitrogens is 2. The summed E-state index contributed by atoms with van der Waals surface area (Å²) in [4.78, 5) is 6.44. The van der Waals surface area contributed by atoms with Gasteiger partial charge in [0.1, 0.15) is 0 Å². The molecule has 1 aromatic carbocycles. The third kappa shape index (κ3) is 4.10. The Kier molecular flexibility index (Phi) is 5.40. The average Bonchev–Trinajstić information content (AvgIpc) is 3.23. The molecule has 3 rings (SSSR count). The van der Waals surface area contributed by atoms with E-state index >= 15 is 0 Å². The van der Waals surface area contributed by atoms with Crippen molar-refractivity contribution in [3.63, 3.8) is 0 Å². The predicted molar refractivity (Wildman–Crippen MR) is 103 cm³/mol. The van der Waals surface area contributed by atoms with Crippen molar-refractivity contribution in [1.29, 1.82) is 0 Å². The van der Waals surface area contributed by atoms with Crippen LogP contribution in [0, 0.1) is 0 Å². The number of fused-ring (bicyclic) bond motifs is 1. The Balaban J connectivity index is 1.51. The van der Waals surface area contributed by atoms with Crippen molar-refractivity contribution in [3.05, 3.63) is 65.6 Å². The molecule has 4 heteroatoms. The maximum absolute atomic E-state index is 4.11. The monoisotopic (exact) mass is 318 g/mol. The highest BCUT2D eigenvalue weighted by Gasteiger charge is 1.97. The summed E-state index contributed by atoms with van der Waals surface area (Å²) in [5.74, 6) is 0. The first-order valence-electron chi connectivity index (χ1n) is 8.31. The first kappa shape index (κ1) is 16.0. The van der Waals surface area contributed by atoms with Gasteiger partial charge in [-0.2, -0.15) is 10.2 Å². The Hall–Kier alpha value is -2.88. The number of allylic oxidation sites excluding steroid dienone is 1.